The number of piperidine rings is 1. The number of nitrogens with one attached hydrogen (secondary N) is 1. The second kappa shape index (κ2) is 8.53. The van der Waals surface area contributed by atoms with Crippen molar-refractivity contribution in [2.45, 2.75) is 50.5 Å². The molecule has 1 aliphatic carbocycles. The first kappa shape index (κ1) is 19.4. The van der Waals surface area contributed by atoms with Crippen LogP contribution < -0.4 is 5.32 Å². The molecular weight excluding hydrogens is 346 g/mol. The molecule has 2 heterocycles. The summed E-state index contributed by atoms with van der Waals surface area (Å²) in [6, 6.07) is 1.87. The van der Waals surface area contributed by atoms with Crippen LogP contribution in [0.15, 0.2) is 16.8 Å². The van der Waals surface area contributed by atoms with Gasteiger partial charge >= 0.3 is 0 Å². The fourth-order valence-electron chi connectivity index (χ4n) is 4.30. The highest BCUT2D eigenvalue weighted by Gasteiger charge is 2.35. The number of nitrogens with zero attached hydrogens (tertiary/aromatic N) is 2. The number of rotatable bonds is 5. The van der Waals surface area contributed by atoms with E-state index < -0.39 is 0 Å². The summed E-state index contributed by atoms with van der Waals surface area (Å²) in [5.74, 6) is 0.294. The SMILES string of the molecule is CN(C)C1(CNC(=O)C2CCN(C(=O)c3ccsc3)CC2)CCCCC1. The van der Waals surface area contributed by atoms with E-state index >= 15 is 0 Å². The molecular formula is C20H31N3O2S. The highest BCUT2D eigenvalue weighted by atomic mass is 32.1. The van der Waals surface area contributed by atoms with E-state index in [-0.39, 0.29) is 23.3 Å². The number of likely N-dealkylation sites (N-methyl/N-ethyl adjacent to an activating group) is 1. The lowest BCUT2D eigenvalue weighted by atomic mass is 9.80. The van der Waals surface area contributed by atoms with E-state index in [0.717, 1.165) is 37.8 Å². The van der Waals surface area contributed by atoms with Crippen LogP contribution >= 0.6 is 11.3 Å². The standard InChI is InChI=1S/C20H31N3O2S/c1-22(2)20(9-4-3-5-10-20)15-21-18(24)16-6-11-23(12-7-16)19(25)17-8-13-26-14-17/h8,13-14,16H,3-7,9-12,15H2,1-2H3,(H,21,24). The van der Waals surface area contributed by atoms with Crippen molar-refractivity contribution in [1.82, 2.24) is 15.1 Å². The zero-order valence-corrected chi connectivity index (χ0v) is 16.8. The van der Waals surface area contributed by atoms with E-state index in [4.69, 9.17) is 0 Å². The number of carbonyl (C=O) groups is 2. The van der Waals surface area contributed by atoms with Crippen molar-refractivity contribution < 1.29 is 9.59 Å². The number of thiophene rings is 1. The Morgan fingerprint density at radius 1 is 1.23 bits per heavy atom. The maximum Gasteiger partial charge on any atom is 0.254 e. The number of carbonyl (C=O) groups excluding carboxylic acids is 2. The van der Waals surface area contributed by atoms with Gasteiger partial charge in [-0.25, -0.2) is 0 Å². The molecule has 1 saturated heterocycles. The number of hydrogen-bond acceptors (Lipinski definition) is 4. The molecule has 26 heavy (non-hydrogen) atoms. The van der Waals surface area contributed by atoms with Crippen LogP contribution in [0.1, 0.15) is 55.3 Å². The van der Waals surface area contributed by atoms with Gasteiger partial charge in [-0.2, -0.15) is 11.3 Å². The van der Waals surface area contributed by atoms with Crippen LogP contribution in [-0.2, 0) is 4.79 Å². The maximum atomic E-state index is 12.7. The Labute approximate surface area is 160 Å². The van der Waals surface area contributed by atoms with Crippen LogP contribution in [0.2, 0.25) is 0 Å². The van der Waals surface area contributed by atoms with E-state index in [1.165, 1.54) is 19.3 Å². The van der Waals surface area contributed by atoms with Crippen molar-refractivity contribution in [3.05, 3.63) is 22.4 Å². The molecule has 2 amide bonds. The van der Waals surface area contributed by atoms with Gasteiger partial charge in [0.2, 0.25) is 5.91 Å². The lowest BCUT2D eigenvalue weighted by Gasteiger charge is -2.43. The first-order valence-electron chi connectivity index (χ1n) is 9.78. The summed E-state index contributed by atoms with van der Waals surface area (Å²) >= 11 is 1.54. The molecule has 1 aromatic rings. The molecule has 0 unspecified atom stereocenters. The Morgan fingerprint density at radius 2 is 1.92 bits per heavy atom. The zero-order valence-electron chi connectivity index (χ0n) is 16.0. The van der Waals surface area contributed by atoms with Gasteiger partial charge in [-0.15, -0.1) is 0 Å². The largest absolute Gasteiger partial charge is 0.354 e. The summed E-state index contributed by atoms with van der Waals surface area (Å²) in [6.07, 6.45) is 7.64. The van der Waals surface area contributed by atoms with Crippen molar-refractivity contribution in [2.75, 3.05) is 33.7 Å². The number of hydrogen-bond donors (Lipinski definition) is 1. The monoisotopic (exact) mass is 377 g/mol. The Kier molecular flexibility index (Phi) is 6.35. The van der Waals surface area contributed by atoms with E-state index in [1.807, 2.05) is 21.7 Å². The molecule has 2 fully saturated rings. The van der Waals surface area contributed by atoms with Crippen LogP contribution in [0.5, 0.6) is 0 Å². The van der Waals surface area contributed by atoms with E-state index in [0.29, 0.717) is 13.1 Å². The van der Waals surface area contributed by atoms with Crippen molar-refractivity contribution in [3.63, 3.8) is 0 Å². The van der Waals surface area contributed by atoms with Crippen LogP contribution in [-0.4, -0.2) is 60.9 Å². The third-order valence-corrected chi connectivity index (χ3v) is 6.93. The Bertz CT molecular complexity index is 601. The second-order valence-corrected chi connectivity index (χ2v) is 8.76. The highest BCUT2D eigenvalue weighted by Crippen LogP contribution is 2.32. The number of likely N-dealkylation sites (tertiary alicyclic amines) is 1. The van der Waals surface area contributed by atoms with Crippen LogP contribution in [0.4, 0.5) is 0 Å². The quantitative estimate of drug-likeness (QED) is 0.858. The Morgan fingerprint density at radius 3 is 2.50 bits per heavy atom. The van der Waals surface area contributed by atoms with Gasteiger partial charge in [0, 0.05) is 36.5 Å². The molecule has 1 aliphatic heterocycles. The summed E-state index contributed by atoms with van der Waals surface area (Å²) in [5.41, 5.74) is 0.881. The van der Waals surface area contributed by atoms with Crippen LogP contribution in [0.3, 0.4) is 0 Å². The van der Waals surface area contributed by atoms with Crippen LogP contribution in [0, 0.1) is 5.92 Å². The molecule has 6 heteroatoms. The fourth-order valence-corrected chi connectivity index (χ4v) is 4.93. The van der Waals surface area contributed by atoms with Gasteiger partial charge in [0.05, 0.1) is 5.56 Å². The van der Waals surface area contributed by atoms with Gasteiger partial charge in [0.25, 0.3) is 5.91 Å². The minimum atomic E-state index is 0.0318. The van der Waals surface area contributed by atoms with Crippen LogP contribution in [0.25, 0.3) is 0 Å². The van der Waals surface area contributed by atoms with E-state index in [9.17, 15) is 9.59 Å². The van der Waals surface area contributed by atoms with Gasteiger partial charge in [-0.05, 0) is 51.2 Å². The third-order valence-electron chi connectivity index (χ3n) is 6.25. The first-order chi connectivity index (χ1) is 12.5. The Hall–Kier alpha value is -1.40. The predicted octanol–water partition coefficient (Wildman–Crippen LogP) is 2.98. The lowest BCUT2D eigenvalue weighted by Crippen LogP contribution is -2.55. The van der Waals surface area contributed by atoms with Gasteiger partial charge in [0.15, 0.2) is 0 Å². The summed E-state index contributed by atoms with van der Waals surface area (Å²) in [5, 5.41) is 7.06. The Balaban J connectivity index is 1.48. The van der Waals surface area contributed by atoms with Crippen molar-refractivity contribution >= 4 is 23.2 Å². The molecule has 0 bridgehead atoms. The average molecular weight is 378 g/mol. The molecule has 2 aliphatic rings. The normalized spacial score (nSPS) is 21.0. The van der Waals surface area contributed by atoms with Gasteiger partial charge in [0.1, 0.15) is 0 Å². The zero-order chi connectivity index (χ0) is 18.6. The molecule has 5 nitrogen and oxygen atoms in total. The summed E-state index contributed by atoms with van der Waals surface area (Å²) < 4.78 is 0. The molecule has 1 aromatic heterocycles. The number of amides is 2. The van der Waals surface area contributed by atoms with Crippen molar-refractivity contribution in [2.24, 2.45) is 5.92 Å². The lowest BCUT2D eigenvalue weighted by molar-refractivity contribution is -0.127. The van der Waals surface area contributed by atoms with E-state index in [2.05, 4.69) is 24.3 Å². The highest BCUT2D eigenvalue weighted by molar-refractivity contribution is 7.08. The first-order valence-corrected chi connectivity index (χ1v) is 10.7. The summed E-state index contributed by atoms with van der Waals surface area (Å²) in [7, 11) is 4.26. The average Bonchev–Trinajstić information content (AvgIpc) is 3.21. The molecule has 0 atom stereocenters. The third kappa shape index (κ3) is 4.29. The summed E-state index contributed by atoms with van der Waals surface area (Å²) in [4.78, 5) is 29.3. The molecule has 1 saturated carbocycles. The van der Waals surface area contributed by atoms with Crippen molar-refractivity contribution in [3.8, 4) is 0 Å². The molecule has 1 N–H and O–H groups in total. The van der Waals surface area contributed by atoms with Gasteiger partial charge in [-0.3, -0.25) is 9.59 Å². The molecule has 144 valence electrons. The summed E-state index contributed by atoms with van der Waals surface area (Å²) in [6.45, 7) is 2.09. The molecule has 0 radical (unpaired) electrons. The minimum absolute atomic E-state index is 0.0318. The van der Waals surface area contributed by atoms with Gasteiger partial charge in [-0.1, -0.05) is 19.3 Å². The minimum Gasteiger partial charge on any atom is -0.354 e. The predicted molar refractivity (Wildman–Crippen MR) is 105 cm³/mol. The fraction of sp³-hybridized carbons (Fsp3) is 0.700. The molecule has 3 rings (SSSR count). The maximum absolute atomic E-state index is 12.7. The van der Waals surface area contributed by atoms with Gasteiger partial charge < -0.3 is 15.1 Å². The van der Waals surface area contributed by atoms with Crippen molar-refractivity contribution in [1.29, 1.82) is 0 Å². The molecule has 0 spiro atoms. The molecule has 0 aromatic carbocycles. The van der Waals surface area contributed by atoms with E-state index in [1.54, 1.807) is 11.3 Å². The second-order valence-electron chi connectivity index (χ2n) is 7.98. The topological polar surface area (TPSA) is 52.7 Å². The smallest absolute Gasteiger partial charge is 0.254 e.